The van der Waals surface area contributed by atoms with Crippen LogP contribution in [-0.2, 0) is 9.53 Å². The van der Waals surface area contributed by atoms with Crippen LogP contribution in [0.4, 0.5) is 0 Å². The highest BCUT2D eigenvalue weighted by molar-refractivity contribution is 5.90. The van der Waals surface area contributed by atoms with Crippen molar-refractivity contribution in [3.05, 3.63) is 23.8 Å². The number of hydrogen-bond acceptors (Lipinski definition) is 6. The molecule has 7 nitrogen and oxygen atoms in total. The molecular formula is C17H20N2O5. The van der Waals surface area contributed by atoms with E-state index in [2.05, 4.69) is 16.1 Å². The summed E-state index contributed by atoms with van der Waals surface area (Å²) in [6.45, 7) is 1.46. The molecule has 1 unspecified atom stereocenters. The van der Waals surface area contributed by atoms with Crippen molar-refractivity contribution in [1.29, 1.82) is 5.26 Å². The molecule has 1 N–H and O–H groups in total. The van der Waals surface area contributed by atoms with Crippen LogP contribution in [0, 0.1) is 17.2 Å². The molecule has 1 saturated carbocycles. The number of carbonyl (C=O) groups excluding carboxylic acids is 2. The van der Waals surface area contributed by atoms with Gasteiger partial charge in [-0.1, -0.05) is 0 Å². The highest BCUT2D eigenvalue weighted by Gasteiger charge is 2.43. The maximum Gasteiger partial charge on any atom is 0.337 e. The van der Waals surface area contributed by atoms with E-state index in [1.807, 2.05) is 0 Å². The molecule has 0 heterocycles. The molecule has 7 heteroatoms. The highest BCUT2D eigenvalue weighted by atomic mass is 16.5. The van der Waals surface area contributed by atoms with Crippen LogP contribution < -0.4 is 14.8 Å². The third kappa shape index (κ3) is 3.96. The third-order valence-electron chi connectivity index (χ3n) is 3.97. The number of carbonyl (C=O) groups is 2. The number of methoxy groups -OCH3 is 2. The zero-order chi connectivity index (χ0) is 17.7. The smallest absolute Gasteiger partial charge is 0.337 e. The normalized spacial score (nSPS) is 15.6. The van der Waals surface area contributed by atoms with E-state index in [0.29, 0.717) is 17.1 Å². The van der Waals surface area contributed by atoms with Crippen LogP contribution in [0.1, 0.15) is 30.1 Å². The number of esters is 1. The molecule has 1 aromatic rings. The van der Waals surface area contributed by atoms with Crippen molar-refractivity contribution < 1.29 is 23.8 Å². The molecule has 1 fully saturated rings. The van der Waals surface area contributed by atoms with E-state index >= 15 is 0 Å². The summed E-state index contributed by atoms with van der Waals surface area (Å²) in [5.74, 6) is -0.0430. The summed E-state index contributed by atoms with van der Waals surface area (Å²) < 4.78 is 15.3. The van der Waals surface area contributed by atoms with Gasteiger partial charge in [0.05, 0.1) is 25.9 Å². The zero-order valence-electron chi connectivity index (χ0n) is 13.9. The Bertz CT molecular complexity index is 678. The molecule has 0 spiro atoms. The molecule has 0 aromatic heterocycles. The Labute approximate surface area is 140 Å². The second kappa shape index (κ2) is 7.21. The van der Waals surface area contributed by atoms with E-state index in [-0.39, 0.29) is 18.4 Å². The van der Waals surface area contributed by atoms with Crippen LogP contribution in [0.3, 0.4) is 0 Å². The SMILES string of the molecule is COC(=O)c1ccc(OCC(=O)NC(C)(C#N)C2CC2)c(OC)c1. The molecule has 1 aliphatic carbocycles. The van der Waals surface area contributed by atoms with Crippen molar-refractivity contribution in [3.63, 3.8) is 0 Å². The zero-order valence-corrected chi connectivity index (χ0v) is 13.9. The lowest BCUT2D eigenvalue weighted by Crippen LogP contribution is -2.48. The first-order valence-corrected chi connectivity index (χ1v) is 7.55. The summed E-state index contributed by atoms with van der Waals surface area (Å²) in [7, 11) is 2.72. The van der Waals surface area contributed by atoms with Crippen molar-refractivity contribution in [2.45, 2.75) is 25.3 Å². The minimum Gasteiger partial charge on any atom is -0.493 e. The fraction of sp³-hybridized carbons (Fsp3) is 0.471. The highest BCUT2D eigenvalue weighted by Crippen LogP contribution is 2.39. The van der Waals surface area contributed by atoms with Gasteiger partial charge >= 0.3 is 5.97 Å². The monoisotopic (exact) mass is 332 g/mol. The number of ether oxygens (including phenoxy) is 3. The number of rotatable bonds is 7. The molecule has 0 radical (unpaired) electrons. The van der Waals surface area contributed by atoms with Crippen molar-refractivity contribution in [2.75, 3.05) is 20.8 Å². The molecule has 24 heavy (non-hydrogen) atoms. The lowest BCUT2D eigenvalue weighted by atomic mass is 9.98. The molecule has 1 aromatic carbocycles. The first-order chi connectivity index (χ1) is 11.4. The third-order valence-corrected chi connectivity index (χ3v) is 3.97. The second-order valence-electron chi connectivity index (χ2n) is 5.78. The van der Waals surface area contributed by atoms with Crippen LogP contribution in [0.5, 0.6) is 11.5 Å². The van der Waals surface area contributed by atoms with Crippen LogP contribution in [0.25, 0.3) is 0 Å². The van der Waals surface area contributed by atoms with Gasteiger partial charge in [-0.05, 0) is 43.9 Å². The summed E-state index contributed by atoms with van der Waals surface area (Å²) >= 11 is 0. The van der Waals surface area contributed by atoms with E-state index in [0.717, 1.165) is 12.8 Å². The summed E-state index contributed by atoms with van der Waals surface area (Å²) in [6, 6.07) is 6.68. The Kier molecular flexibility index (Phi) is 5.29. The van der Waals surface area contributed by atoms with Crippen molar-refractivity contribution in [1.82, 2.24) is 5.32 Å². The van der Waals surface area contributed by atoms with Gasteiger partial charge in [0.25, 0.3) is 5.91 Å². The van der Waals surface area contributed by atoms with Crippen molar-refractivity contribution in [3.8, 4) is 17.6 Å². The summed E-state index contributed by atoms with van der Waals surface area (Å²) in [6.07, 6.45) is 1.88. The minimum atomic E-state index is -0.862. The lowest BCUT2D eigenvalue weighted by molar-refractivity contribution is -0.124. The topological polar surface area (TPSA) is 97.6 Å². The number of benzene rings is 1. The number of nitriles is 1. The van der Waals surface area contributed by atoms with E-state index in [1.165, 1.54) is 32.4 Å². The van der Waals surface area contributed by atoms with Gasteiger partial charge in [0.15, 0.2) is 18.1 Å². The second-order valence-corrected chi connectivity index (χ2v) is 5.78. The van der Waals surface area contributed by atoms with Gasteiger partial charge in [-0.25, -0.2) is 4.79 Å². The van der Waals surface area contributed by atoms with Crippen LogP contribution in [-0.4, -0.2) is 38.2 Å². The Balaban J connectivity index is 1.99. The predicted octanol–water partition coefficient (Wildman–Crippen LogP) is 1.67. The van der Waals surface area contributed by atoms with Gasteiger partial charge in [-0.3, -0.25) is 4.79 Å². The standard InChI is InChI=1S/C17H20N2O5/c1-17(10-18,12-5-6-12)19-15(20)9-24-13-7-4-11(16(21)23-3)8-14(13)22-2/h4,7-8,12H,5-6,9H2,1-3H3,(H,19,20). The summed E-state index contributed by atoms with van der Waals surface area (Å²) in [5.41, 5.74) is -0.545. The minimum absolute atomic E-state index is 0.195. The number of amides is 1. The number of nitrogens with one attached hydrogen (secondary N) is 1. The van der Waals surface area contributed by atoms with E-state index in [9.17, 15) is 14.9 Å². The van der Waals surface area contributed by atoms with Crippen molar-refractivity contribution >= 4 is 11.9 Å². The van der Waals surface area contributed by atoms with Crippen LogP contribution in [0.2, 0.25) is 0 Å². The van der Waals surface area contributed by atoms with Gasteiger partial charge in [0, 0.05) is 0 Å². The van der Waals surface area contributed by atoms with E-state index in [4.69, 9.17) is 9.47 Å². The maximum absolute atomic E-state index is 12.0. The average molecular weight is 332 g/mol. The quantitative estimate of drug-likeness (QED) is 0.763. The van der Waals surface area contributed by atoms with E-state index < -0.39 is 11.5 Å². The Morgan fingerprint density at radius 3 is 2.58 bits per heavy atom. The van der Waals surface area contributed by atoms with Crippen molar-refractivity contribution in [2.24, 2.45) is 5.92 Å². The van der Waals surface area contributed by atoms with E-state index in [1.54, 1.807) is 6.92 Å². The van der Waals surface area contributed by atoms with Crippen LogP contribution >= 0.6 is 0 Å². The maximum atomic E-state index is 12.0. The first-order valence-electron chi connectivity index (χ1n) is 7.55. The molecule has 128 valence electrons. The molecule has 1 amide bonds. The fourth-order valence-corrected chi connectivity index (χ4v) is 2.38. The molecule has 1 aliphatic rings. The first kappa shape index (κ1) is 17.6. The van der Waals surface area contributed by atoms with Gasteiger partial charge < -0.3 is 19.5 Å². The van der Waals surface area contributed by atoms with Gasteiger partial charge in [-0.15, -0.1) is 0 Å². The molecular weight excluding hydrogens is 312 g/mol. The molecule has 1 atom stereocenters. The largest absolute Gasteiger partial charge is 0.493 e. The lowest BCUT2D eigenvalue weighted by Gasteiger charge is -2.23. The molecule has 0 bridgehead atoms. The average Bonchev–Trinajstić information content (AvgIpc) is 3.44. The fourth-order valence-electron chi connectivity index (χ4n) is 2.38. The molecule has 0 saturated heterocycles. The van der Waals surface area contributed by atoms with Gasteiger partial charge in [0.1, 0.15) is 5.54 Å². The molecule has 2 rings (SSSR count). The molecule has 0 aliphatic heterocycles. The van der Waals surface area contributed by atoms with Crippen LogP contribution in [0.15, 0.2) is 18.2 Å². The van der Waals surface area contributed by atoms with Gasteiger partial charge in [-0.2, -0.15) is 5.26 Å². The predicted molar refractivity (Wildman–Crippen MR) is 84.7 cm³/mol. The summed E-state index contributed by atoms with van der Waals surface area (Å²) in [4.78, 5) is 23.5. The number of hydrogen-bond donors (Lipinski definition) is 1. The Hall–Kier alpha value is -2.75. The number of nitrogens with zero attached hydrogens (tertiary/aromatic N) is 1. The van der Waals surface area contributed by atoms with Gasteiger partial charge in [0.2, 0.25) is 0 Å². The Morgan fingerprint density at radius 1 is 1.33 bits per heavy atom. The Morgan fingerprint density at radius 2 is 2.04 bits per heavy atom. The summed E-state index contributed by atoms with van der Waals surface area (Å²) in [5, 5.41) is 12.0.